The predicted octanol–water partition coefficient (Wildman–Crippen LogP) is 2.69. The zero-order valence-corrected chi connectivity index (χ0v) is 9.76. The number of carboxylic acid groups (broad SMARTS) is 1. The summed E-state index contributed by atoms with van der Waals surface area (Å²) in [6.45, 7) is 0. The molecule has 2 bridgehead atoms. The van der Waals surface area contributed by atoms with Gasteiger partial charge in [0.1, 0.15) is 0 Å². The first kappa shape index (κ1) is 10.00. The van der Waals surface area contributed by atoms with Crippen LogP contribution in [0.25, 0.3) is 11.0 Å². The number of rotatable bonds is 1. The lowest BCUT2D eigenvalue weighted by atomic mass is 10.00. The van der Waals surface area contributed by atoms with E-state index in [1.54, 1.807) is 18.2 Å². The summed E-state index contributed by atoms with van der Waals surface area (Å²) in [4.78, 5) is 20.3. The van der Waals surface area contributed by atoms with Crippen molar-refractivity contribution in [3.63, 3.8) is 0 Å². The molecule has 2 aromatic rings. The second kappa shape index (κ2) is 3.28. The van der Waals surface area contributed by atoms with Gasteiger partial charge in [-0.05, 0) is 37.5 Å². The minimum absolute atomic E-state index is 0.278. The Balaban J connectivity index is 1.96. The molecule has 2 aliphatic carbocycles. The smallest absolute Gasteiger partial charge is 0.335 e. The van der Waals surface area contributed by atoms with E-state index in [0.29, 0.717) is 17.4 Å². The van der Waals surface area contributed by atoms with Gasteiger partial charge in [-0.15, -0.1) is 0 Å². The van der Waals surface area contributed by atoms with E-state index in [9.17, 15) is 4.79 Å². The average Bonchev–Trinajstić information content (AvgIpc) is 2.97. The van der Waals surface area contributed by atoms with Crippen LogP contribution in [-0.2, 0) is 0 Å². The number of aromatic carboxylic acids is 1. The standard InChI is InChI=1S/C14H12N2O2/c17-14(18)9-3-4-10-11(6-9)16-13-8-2-1-7(5-8)12(13)15-10/h3-4,6-8H,1-2,5H2,(H,17,18)/t7-,8+/m0/s1. The average molecular weight is 240 g/mol. The third-order valence-electron chi connectivity index (χ3n) is 4.17. The van der Waals surface area contributed by atoms with E-state index < -0.39 is 5.97 Å². The van der Waals surface area contributed by atoms with Gasteiger partial charge >= 0.3 is 5.97 Å². The molecule has 0 unspecified atom stereocenters. The van der Waals surface area contributed by atoms with Crippen molar-refractivity contribution in [2.24, 2.45) is 0 Å². The minimum atomic E-state index is -0.916. The molecule has 0 radical (unpaired) electrons. The van der Waals surface area contributed by atoms with E-state index in [1.165, 1.54) is 19.3 Å². The molecule has 0 saturated heterocycles. The van der Waals surface area contributed by atoms with Crippen LogP contribution >= 0.6 is 0 Å². The number of fused-ring (bicyclic) bond motifs is 6. The van der Waals surface area contributed by atoms with Crippen LogP contribution in [0.3, 0.4) is 0 Å². The van der Waals surface area contributed by atoms with Crippen LogP contribution in [0.1, 0.15) is 52.8 Å². The molecule has 2 atom stereocenters. The number of carboxylic acids is 1. The maximum atomic E-state index is 11.0. The van der Waals surface area contributed by atoms with E-state index in [1.807, 2.05) is 0 Å². The highest BCUT2D eigenvalue weighted by molar-refractivity contribution is 5.92. The van der Waals surface area contributed by atoms with Gasteiger partial charge in [-0.3, -0.25) is 0 Å². The lowest BCUT2D eigenvalue weighted by Crippen LogP contribution is -2.05. The highest BCUT2D eigenvalue weighted by Gasteiger charge is 2.39. The fourth-order valence-corrected chi connectivity index (χ4v) is 3.29. The Morgan fingerprint density at radius 1 is 1.11 bits per heavy atom. The van der Waals surface area contributed by atoms with Crippen LogP contribution in [0.4, 0.5) is 0 Å². The molecule has 1 saturated carbocycles. The van der Waals surface area contributed by atoms with Crippen LogP contribution in [0.15, 0.2) is 18.2 Å². The summed E-state index contributed by atoms with van der Waals surface area (Å²) < 4.78 is 0. The van der Waals surface area contributed by atoms with Gasteiger partial charge in [-0.1, -0.05) is 0 Å². The van der Waals surface area contributed by atoms with Gasteiger partial charge in [-0.2, -0.15) is 0 Å². The molecular formula is C14H12N2O2. The number of benzene rings is 1. The van der Waals surface area contributed by atoms with E-state index >= 15 is 0 Å². The fraction of sp³-hybridized carbons (Fsp3) is 0.357. The maximum absolute atomic E-state index is 11.0. The van der Waals surface area contributed by atoms with Crippen LogP contribution in [0.2, 0.25) is 0 Å². The summed E-state index contributed by atoms with van der Waals surface area (Å²) in [5.74, 6) is 0.220. The van der Waals surface area contributed by atoms with Crippen molar-refractivity contribution in [1.29, 1.82) is 0 Å². The van der Waals surface area contributed by atoms with E-state index in [2.05, 4.69) is 9.97 Å². The molecule has 1 N–H and O–H groups in total. The molecule has 90 valence electrons. The predicted molar refractivity (Wildman–Crippen MR) is 65.8 cm³/mol. The summed E-state index contributed by atoms with van der Waals surface area (Å²) in [6, 6.07) is 4.98. The Hall–Kier alpha value is -1.97. The number of carbonyl (C=O) groups is 1. The van der Waals surface area contributed by atoms with Crippen molar-refractivity contribution in [3.8, 4) is 0 Å². The first-order valence-electron chi connectivity index (χ1n) is 6.27. The van der Waals surface area contributed by atoms with Crippen molar-refractivity contribution in [1.82, 2.24) is 9.97 Å². The molecule has 4 heteroatoms. The quantitative estimate of drug-likeness (QED) is 0.832. The summed E-state index contributed by atoms with van der Waals surface area (Å²) in [5, 5.41) is 8.99. The molecule has 2 aliphatic rings. The van der Waals surface area contributed by atoms with Gasteiger partial charge in [0.2, 0.25) is 0 Å². The Kier molecular flexibility index (Phi) is 1.82. The molecular weight excluding hydrogens is 228 g/mol. The van der Waals surface area contributed by atoms with Crippen molar-refractivity contribution in [2.75, 3.05) is 0 Å². The van der Waals surface area contributed by atoms with Crippen molar-refractivity contribution < 1.29 is 9.90 Å². The summed E-state index contributed by atoms with van der Waals surface area (Å²) in [6.07, 6.45) is 3.61. The highest BCUT2D eigenvalue weighted by atomic mass is 16.4. The Labute approximate surface area is 104 Å². The molecule has 1 heterocycles. The topological polar surface area (TPSA) is 63.1 Å². The third-order valence-corrected chi connectivity index (χ3v) is 4.17. The Morgan fingerprint density at radius 3 is 2.44 bits per heavy atom. The third kappa shape index (κ3) is 1.23. The second-order valence-electron chi connectivity index (χ2n) is 5.21. The summed E-state index contributed by atoms with van der Waals surface area (Å²) >= 11 is 0. The van der Waals surface area contributed by atoms with E-state index in [4.69, 9.17) is 5.11 Å². The lowest BCUT2D eigenvalue weighted by Gasteiger charge is -2.13. The van der Waals surface area contributed by atoms with Gasteiger partial charge < -0.3 is 5.11 Å². The van der Waals surface area contributed by atoms with Gasteiger partial charge in [0.15, 0.2) is 0 Å². The first-order chi connectivity index (χ1) is 8.72. The van der Waals surface area contributed by atoms with Crippen LogP contribution in [0.5, 0.6) is 0 Å². The second-order valence-corrected chi connectivity index (χ2v) is 5.21. The number of aromatic nitrogens is 2. The molecule has 0 aliphatic heterocycles. The van der Waals surface area contributed by atoms with Crippen LogP contribution < -0.4 is 0 Å². The van der Waals surface area contributed by atoms with E-state index in [-0.39, 0.29) is 5.56 Å². The largest absolute Gasteiger partial charge is 0.478 e. The molecule has 1 aromatic heterocycles. The number of nitrogens with zero attached hydrogens (tertiary/aromatic N) is 2. The Morgan fingerprint density at radius 2 is 1.78 bits per heavy atom. The summed E-state index contributed by atoms with van der Waals surface area (Å²) in [5.41, 5.74) is 4.07. The van der Waals surface area contributed by atoms with Gasteiger partial charge in [0, 0.05) is 11.8 Å². The molecule has 4 nitrogen and oxygen atoms in total. The van der Waals surface area contributed by atoms with Gasteiger partial charge in [0.25, 0.3) is 0 Å². The van der Waals surface area contributed by atoms with Crippen LogP contribution in [-0.4, -0.2) is 21.0 Å². The van der Waals surface area contributed by atoms with Crippen LogP contribution in [0, 0.1) is 0 Å². The number of hydrogen-bond acceptors (Lipinski definition) is 3. The van der Waals surface area contributed by atoms with Crippen molar-refractivity contribution >= 4 is 17.0 Å². The zero-order chi connectivity index (χ0) is 12.3. The monoisotopic (exact) mass is 240 g/mol. The molecule has 18 heavy (non-hydrogen) atoms. The van der Waals surface area contributed by atoms with Gasteiger partial charge in [0.05, 0.1) is 28.0 Å². The molecule has 1 fully saturated rings. The highest BCUT2D eigenvalue weighted by Crippen LogP contribution is 2.51. The molecule has 0 amide bonds. The fourth-order valence-electron chi connectivity index (χ4n) is 3.29. The maximum Gasteiger partial charge on any atom is 0.335 e. The summed E-state index contributed by atoms with van der Waals surface area (Å²) in [7, 11) is 0. The molecule has 0 spiro atoms. The number of hydrogen-bond donors (Lipinski definition) is 1. The SMILES string of the molecule is O=C(O)c1ccc2nc3c(nc2c1)[C@@H]1CC[C@H]3C1. The lowest BCUT2D eigenvalue weighted by molar-refractivity contribution is 0.0697. The van der Waals surface area contributed by atoms with Crippen molar-refractivity contribution in [3.05, 3.63) is 35.2 Å². The molecule has 4 rings (SSSR count). The first-order valence-corrected chi connectivity index (χ1v) is 6.27. The Bertz CT molecular complexity index is 681. The molecule has 1 aromatic carbocycles. The van der Waals surface area contributed by atoms with E-state index in [0.717, 1.165) is 16.9 Å². The van der Waals surface area contributed by atoms with Gasteiger partial charge in [-0.25, -0.2) is 14.8 Å². The normalized spacial score (nSPS) is 24.4. The zero-order valence-electron chi connectivity index (χ0n) is 9.76. The minimum Gasteiger partial charge on any atom is -0.478 e. The van der Waals surface area contributed by atoms with Crippen molar-refractivity contribution in [2.45, 2.75) is 31.1 Å².